The minimum Gasteiger partial charge on any atom is -0.358 e. The second-order valence-corrected chi connectivity index (χ2v) is 6.66. The first-order valence-electron chi connectivity index (χ1n) is 9.10. The van der Waals surface area contributed by atoms with Gasteiger partial charge in [-0.2, -0.15) is 0 Å². The molecule has 0 aromatic heterocycles. The summed E-state index contributed by atoms with van der Waals surface area (Å²) in [5.74, 6) is 0.0343. The number of piperidine rings is 1. The number of carbonyl (C=O) groups is 2. The third-order valence-electron chi connectivity index (χ3n) is 4.80. The lowest BCUT2D eigenvalue weighted by atomic mass is 10.0. The minimum atomic E-state index is -0.128. The van der Waals surface area contributed by atoms with Gasteiger partial charge in [0.15, 0.2) is 0 Å². The summed E-state index contributed by atoms with van der Waals surface area (Å²) in [6, 6.07) is 8.36. The van der Waals surface area contributed by atoms with E-state index in [4.69, 9.17) is 0 Å². The average Bonchev–Trinajstić information content (AvgIpc) is 2.63. The molecule has 1 aromatic rings. The van der Waals surface area contributed by atoms with Gasteiger partial charge in [-0.3, -0.25) is 9.69 Å². The van der Waals surface area contributed by atoms with E-state index in [0.717, 1.165) is 37.9 Å². The Morgan fingerprint density at radius 3 is 2.40 bits per heavy atom. The van der Waals surface area contributed by atoms with Crippen LogP contribution in [0.3, 0.4) is 0 Å². The summed E-state index contributed by atoms with van der Waals surface area (Å²) >= 11 is 0. The number of hydrogen-bond donors (Lipinski definition) is 3. The average molecular weight is 346 g/mol. The number of amides is 3. The highest BCUT2D eigenvalue weighted by Gasteiger charge is 2.22. The number of rotatable bonds is 6. The quantitative estimate of drug-likeness (QED) is 0.736. The number of likely N-dealkylation sites (tertiary alicyclic amines) is 1. The summed E-state index contributed by atoms with van der Waals surface area (Å²) in [7, 11) is 1.65. The van der Waals surface area contributed by atoms with Gasteiger partial charge in [-0.05, 0) is 37.3 Å². The van der Waals surface area contributed by atoms with Crippen molar-refractivity contribution in [2.24, 2.45) is 0 Å². The van der Waals surface area contributed by atoms with Gasteiger partial charge in [0, 0.05) is 26.2 Å². The van der Waals surface area contributed by atoms with Crippen LogP contribution in [0.4, 0.5) is 4.79 Å². The molecule has 1 heterocycles. The zero-order chi connectivity index (χ0) is 18.2. The van der Waals surface area contributed by atoms with Crippen molar-refractivity contribution >= 4 is 11.9 Å². The molecule has 6 heteroatoms. The minimum absolute atomic E-state index is 0.0285. The molecule has 1 saturated heterocycles. The number of aryl methyl sites for hydroxylation is 1. The zero-order valence-electron chi connectivity index (χ0n) is 15.5. The van der Waals surface area contributed by atoms with E-state index in [1.807, 2.05) is 6.92 Å². The molecule has 0 aliphatic carbocycles. The smallest absolute Gasteiger partial charge is 0.315 e. The van der Waals surface area contributed by atoms with Gasteiger partial charge in [0.25, 0.3) is 0 Å². The number of hydrogen-bond acceptors (Lipinski definition) is 3. The molecule has 0 bridgehead atoms. The van der Waals surface area contributed by atoms with E-state index in [1.54, 1.807) is 7.05 Å². The number of likely N-dealkylation sites (N-methyl/N-ethyl adjacent to an activating group) is 1. The van der Waals surface area contributed by atoms with Crippen LogP contribution >= 0.6 is 0 Å². The van der Waals surface area contributed by atoms with Crippen LogP contribution in [0.5, 0.6) is 0 Å². The van der Waals surface area contributed by atoms with Crippen molar-refractivity contribution in [3.05, 3.63) is 35.4 Å². The van der Waals surface area contributed by atoms with Gasteiger partial charge in [0.1, 0.15) is 0 Å². The molecule has 0 radical (unpaired) electrons. The van der Waals surface area contributed by atoms with Crippen molar-refractivity contribution in [1.29, 1.82) is 0 Å². The van der Waals surface area contributed by atoms with Crippen LogP contribution in [0.2, 0.25) is 0 Å². The standard InChI is InChI=1S/C19H30N4O2/c1-4-15-5-7-16(8-6-15)14(2)21-19(25)22-17-9-11-23(12-10-17)13-18(24)20-3/h5-8,14,17H,4,9-13H2,1-3H3,(H,20,24)(H2,21,22,25)/t14-/m0/s1. The summed E-state index contributed by atoms with van der Waals surface area (Å²) < 4.78 is 0. The molecule has 25 heavy (non-hydrogen) atoms. The Balaban J connectivity index is 1.74. The largest absolute Gasteiger partial charge is 0.358 e. The maximum absolute atomic E-state index is 12.2. The van der Waals surface area contributed by atoms with Gasteiger partial charge in [-0.15, -0.1) is 0 Å². The lowest BCUT2D eigenvalue weighted by Crippen LogP contribution is -2.49. The molecule has 1 aromatic carbocycles. The number of carbonyl (C=O) groups excluding carboxylic acids is 2. The molecular weight excluding hydrogens is 316 g/mol. The van der Waals surface area contributed by atoms with E-state index >= 15 is 0 Å². The maximum Gasteiger partial charge on any atom is 0.315 e. The van der Waals surface area contributed by atoms with Gasteiger partial charge in [0.05, 0.1) is 12.6 Å². The number of nitrogens with zero attached hydrogens (tertiary/aromatic N) is 1. The van der Waals surface area contributed by atoms with Crippen molar-refractivity contribution in [2.75, 3.05) is 26.7 Å². The van der Waals surface area contributed by atoms with Crippen LogP contribution in [-0.4, -0.2) is 49.6 Å². The van der Waals surface area contributed by atoms with Crippen LogP contribution in [0.25, 0.3) is 0 Å². The molecule has 1 fully saturated rings. The molecule has 3 N–H and O–H groups in total. The molecule has 2 rings (SSSR count). The normalized spacial score (nSPS) is 16.9. The highest BCUT2D eigenvalue weighted by atomic mass is 16.2. The molecule has 1 aliphatic rings. The zero-order valence-corrected chi connectivity index (χ0v) is 15.5. The predicted octanol–water partition coefficient (Wildman–Crippen LogP) is 1.82. The third kappa shape index (κ3) is 6.05. The van der Waals surface area contributed by atoms with Gasteiger partial charge >= 0.3 is 6.03 Å². The second-order valence-electron chi connectivity index (χ2n) is 6.66. The third-order valence-corrected chi connectivity index (χ3v) is 4.80. The van der Waals surface area contributed by atoms with Gasteiger partial charge < -0.3 is 16.0 Å². The fourth-order valence-corrected chi connectivity index (χ4v) is 3.07. The first-order valence-corrected chi connectivity index (χ1v) is 9.10. The summed E-state index contributed by atoms with van der Waals surface area (Å²) in [6.45, 7) is 6.20. The van der Waals surface area contributed by atoms with Crippen LogP contribution in [0, 0.1) is 0 Å². The number of urea groups is 1. The number of benzene rings is 1. The van der Waals surface area contributed by atoms with Crippen LogP contribution in [-0.2, 0) is 11.2 Å². The first-order chi connectivity index (χ1) is 12.0. The fourth-order valence-electron chi connectivity index (χ4n) is 3.07. The highest BCUT2D eigenvalue weighted by molar-refractivity contribution is 5.77. The molecule has 0 saturated carbocycles. The van der Waals surface area contributed by atoms with E-state index in [9.17, 15) is 9.59 Å². The Morgan fingerprint density at radius 1 is 1.20 bits per heavy atom. The molecule has 1 aliphatic heterocycles. The highest BCUT2D eigenvalue weighted by Crippen LogP contribution is 2.14. The molecule has 0 spiro atoms. The van der Waals surface area contributed by atoms with Gasteiger partial charge in [0.2, 0.25) is 5.91 Å². The fraction of sp³-hybridized carbons (Fsp3) is 0.579. The Morgan fingerprint density at radius 2 is 1.84 bits per heavy atom. The van der Waals surface area contributed by atoms with Crippen LogP contribution in [0.15, 0.2) is 24.3 Å². The lowest BCUT2D eigenvalue weighted by molar-refractivity contribution is -0.122. The molecule has 138 valence electrons. The van der Waals surface area contributed by atoms with Crippen LogP contribution < -0.4 is 16.0 Å². The Hall–Kier alpha value is -2.08. The summed E-state index contributed by atoms with van der Waals surface area (Å²) in [6.07, 6.45) is 2.75. The van der Waals surface area contributed by atoms with E-state index in [-0.39, 0.29) is 24.0 Å². The van der Waals surface area contributed by atoms with E-state index in [2.05, 4.69) is 52.0 Å². The van der Waals surface area contributed by atoms with Crippen molar-refractivity contribution in [2.45, 2.75) is 45.2 Å². The Kier molecular flexibility index (Phi) is 7.25. The van der Waals surface area contributed by atoms with Crippen molar-refractivity contribution < 1.29 is 9.59 Å². The summed E-state index contributed by atoms with van der Waals surface area (Å²) in [5.41, 5.74) is 2.40. The van der Waals surface area contributed by atoms with E-state index in [1.165, 1.54) is 5.56 Å². The summed E-state index contributed by atoms with van der Waals surface area (Å²) in [4.78, 5) is 25.7. The maximum atomic E-state index is 12.2. The van der Waals surface area contributed by atoms with Crippen molar-refractivity contribution in [3.8, 4) is 0 Å². The molecular formula is C19H30N4O2. The number of nitrogens with one attached hydrogen (secondary N) is 3. The first kappa shape index (κ1) is 19.2. The SMILES string of the molecule is CCc1ccc([C@H](C)NC(=O)NC2CCN(CC(=O)NC)CC2)cc1. The van der Waals surface area contributed by atoms with E-state index in [0.29, 0.717) is 6.54 Å². The topological polar surface area (TPSA) is 73.5 Å². The van der Waals surface area contributed by atoms with Gasteiger partial charge in [-0.25, -0.2) is 4.79 Å². The molecule has 0 unspecified atom stereocenters. The van der Waals surface area contributed by atoms with Crippen LogP contribution in [0.1, 0.15) is 43.9 Å². The molecule has 3 amide bonds. The van der Waals surface area contributed by atoms with Gasteiger partial charge in [-0.1, -0.05) is 31.2 Å². The predicted molar refractivity (Wildman–Crippen MR) is 99.4 cm³/mol. The Bertz CT molecular complexity index is 565. The van der Waals surface area contributed by atoms with E-state index < -0.39 is 0 Å². The summed E-state index contributed by atoms with van der Waals surface area (Å²) in [5, 5.41) is 8.70. The van der Waals surface area contributed by atoms with Crippen molar-refractivity contribution in [1.82, 2.24) is 20.9 Å². The second kappa shape index (κ2) is 9.42. The Labute approximate surface area is 150 Å². The molecule has 1 atom stereocenters. The van der Waals surface area contributed by atoms with Crippen molar-refractivity contribution in [3.63, 3.8) is 0 Å². The monoisotopic (exact) mass is 346 g/mol. The molecule has 6 nitrogen and oxygen atoms in total. The lowest BCUT2D eigenvalue weighted by Gasteiger charge is -2.32.